The Morgan fingerprint density at radius 2 is 2.10 bits per heavy atom. The van der Waals surface area contributed by atoms with E-state index in [-0.39, 0.29) is 5.91 Å². The van der Waals surface area contributed by atoms with E-state index in [2.05, 4.69) is 9.88 Å². The third kappa shape index (κ3) is 5.45. The Kier molecular flexibility index (Phi) is 7.51. The number of nitrogens with zero attached hydrogens (tertiary/aromatic N) is 3. The summed E-state index contributed by atoms with van der Waals surface area (Å²) in [7, 11) is 5.65. The molecule has 0 saturated heterocycles. The summed E-state index contributed by atoms with van der Waals surface area (Å²) < 4.78 is 5.06. The molecule has 0 aliphatic carbocycles. The first-order valence-electron chi connectivity index (χ1n) is 6.58. The van der Waals surface area contributed by atoms with E-state index in [1.165, 1.54) is 6.20 Å². The molecule has 1 heterocycles. The van der Waals surface area contributed by atoms with E-state index < -0.39 is 0 Å². The molecule has 0 aliphatic rings. The van der Waals surface area contributed by atoms with Crippen LogP contribution in [0.1, 0.15) is 16.8 Å². The standard InChI is InChI=1S/C14H22ClN3O2/c1-17(2)7-4-8-18(9-10-20-3)14(19)12-11-16-6-5-13(12)15/h5-6,11H,4,7-10H2,1-3H3. The summed E-state index contributed by atoms with van der Waals surface area (Å²) in [5.74, 6) is -0.0982. The highest BCUT2D eigenvalue weighted by Crippen LogP contribution is 2.16. The molecular weight excluding hydrogens is 278 g/mol. The third-order valence-electron chi connectivity index (χ3n) is 2.88. The van der Waals surface area contributed by atoms with Crippen LogP contribution in [-0.4, -0.2) is 68.1 Å². The highest BCUT2D eigenvalue weighted by atomic mass is 35.5. The van der Waals surface area contributed by atoms with Gasteiger partial charge in [-0.1, -0.05) is 11.6 Å². The number of hydrogen-bond acceptors (Lipinski definition) is 4. The highest BCUT2D eigenvalue weighted by molar-refractivity contribution is 6.33. The van der Waals surface area contributed by atoms with Gasteiger partial charge in [0.15, 0.2) is 0 Å². The molecule has 20 heavy (non-hydrogen) atoms. The first-order chi connectivity index (χ1) is 9.56. The van der Waals surface area contributed by atoms with E-state index in [1.807, 2.05) is 14.1 Å². The lowest BCUT2D eigenvalue weighted by atomic mass is 10.2. The van der Waals surface area contributed by atoms with Crippen molar-refractivity contribution in [1.82, 2.24) is 14.8 Å². The van der Waals surface area contributed by atoms with Gasteiger partial charge in [-0.05, 0) is 33.1 Å². The van der Waals surface area contributed by atoms with Crippen molar-refractivity contribution in [2.24, 2.45) is 0 Å². The average molecular weight is 300 g/mol. The summed E-state index contributed by atoms with van der Waals surface area (Å²) in [6.07, 6.45) is 3.99. The van der Waals surface area contributed by atoms with E-state index in [9.17, 15) is 4.79 Å². The number of aromatic nitrogens is 1. The number of halogens is 1. The van der Waals surface area contributed by atoms with Crippen LogP contribution in [0.4, 0.5) is 0 Å². The molecule has 6 heteroatoms. The van der Waals surface area contributed by atoms with E-state index >= 15 is 0 Å². The fourth-order valence-corrected chi connectivity index (χ4v) is 1.99. The molecular formula is C14H22ClN3O2. The summed E-state index contributed by atoms with van der Waals surface area (Å²) in [6.45, 7) is 2.66. The molecule has 0 saturated carbocycles. The lowest BCUT2D eigenvalue weighted by Gasteiger charge is -2.23. The largest absolute Gasteiger partial charge is 0.383 e. The summed E-state index contributed by atoms with van der Waals surface area (Å²) in [4.78, 5) is 20.3. The van der Waals surface area contributed by atoms with Gasteiger partial charge in [-0.3, -0.25) is 9.78 Å². The first-order valence-corrected chi connectivity index (χ1v) is 6.96. The topological polar surface area (TPSA) is 45.7 Å². The van der Waals surface area contributed by atoms with Crippen molar-refractivity contribution < 1.29 is 9.53 Å². The van der Waals surface area contributed by atoms with Crippen molar-refractivity contribution >= 4 is 17.5 Å². The number of methoxy groups -OCH3 is 1. The smallest absolute Gasteiger partial charge is 0.257 e. The second-order valence-corrected chi connectivity index (χ2v) is 5.20. The fraction of sp³-hybridized carbons (Fsp3) is 0.571. The van der Waals surface area contributed by atoms with Crippen LogP contribution in [0.25, 0.3) is 0 Å². The zero-order valence-electron chi connectivity index (χ0n) is 12.3. The Balaban J connectivity index is 2.71. The molecule has 5 nitrogen and oxygen atoms in total. The molecule has 0 spiro atoms. The minimum atomic E-state index is -0.0982. The Labute approximate surface area is 125 Å². The van der Waals surface area contributed by atoms with Crippen molar-refractivity contribution in [1.29, 1.82) is 0 Å². The minimum absolute atomic E-state index is 0.0982. The van der Waals surface area contributed by atoms with Gasteiger partial charge in [-0.2, -0.15) is 0 Å². The number of pyridine rings is 1. The van der Waals surface area contributed by atoms with Gasteiger partial charge in [-0.25, -0.2) is 0 Å². The summed E-state index contributed by atoms with van der Waals surface area (Å²) in [5.41, 5.74) is 0.440. The molecule has 0 atom stereocenters. The fourth-order valence-electron chi connectivity index (χ4n) is 1.80. The number of carbonyl (C=O) groups is 1. The van der Waals surface area contributed by atoms with Gasteiger partial charge < -0.3 is 14.5 Å². The van der Waals surface area contributed by atoms with Crippen LogP contribution in [-0.2, 0) is 4.74 Å². The normalized spacial score (nSPS) is 10.8. The molecule has 0 radical (unpaired) electrons. The maximum atomic E-state index is 12.5. The van der Waals surface area contributed by atoms with Crippen LogP contribution in [0, 0.1) is 0 Å². The molecule has 0 unspecified atom stereocenters. The van der Waals surface area contributed by atoms with Gasteiger partial charge in [0.05, 0.1) is 17.2 Å². The van der Waals surface area contributed by atoms with E-state index in [0.29, 0.717) is 30.3 Å². The molecule has 112 valence electrons. The predicted octanol–water partition coefficient (Wildman–Crippen LogP) is 1.78. The molecule has 0 bridgehead atoms. The summed E-state index contributed by atoms with van der Waals surface area (Å²) >= 11 is 6.05. The average Bonchev–Trinajstić information content (AvgIpc) is 2.42. The van der Waals surface area contributed by atoms with Crippen LogP contribution >= 0.6 is 11.6 Å². The van der Waals surface area contributed by atoms with Crippen molar-refractivity contribution in [2.75, 3.05) is 47.4 Å². The molecule has 1 aromatic rings. The number of hydrogen-bond donors (Lipinski definition) is 0. The minimum Gasteiger partial charge on any atom is -0.383 e. The zero-order valence-corrected chi connectivity index (χ0v) is 13.1. The van der Waals surface area contributed by atoms with Crippen LogP contribution in [0.5, 0.6) is 0 Å². The molecule has 0 fully saturated rings. The van der Waals surface area contributed by atoms with Gasteiger partial charge in [0.25, 0.3) is 5.91 Å². The molecule has 1 rings (SSSR count). The third-order valence-corrected chi connectivity index (χ3v) is 3.21. The number of rotatable bonds is 8. The Bertz CT molecular complexity index is 427. The van der Waals surface area contributed by atoms with Crippen molar-refractivity contribution in [3.05, 3.63) is 29.0 Å². The molecule has 0 aromatic carbocycles. The number of carbonyl (C=O) groups excluding carboxylic acids is 1. The Morgan fingerprint density at radius 3 is 2.70 bits per heavy atom. The molecule has 1 aromatic heterocycles. The Morgan fingerprint density at radius 1 is 1.35 bits per heavy atom. The molecule has 0 N–H and O–H groups in total. The highest BCUT2D eigenvalue weighted by Gasteiger charge is 2.18. The second kappa shape index (κ2) is 8.89. The van der Waals surface area contributed by atoms with Gasteiger partial charge in [0.1, 0.15) is 0 Å². The lowest BCUT2D eigenvalue weighted by Crippen LogP contribution is -2.36. The monoisotopic (exact) mass is 299 g/mol. The maximum absolute atomic E-state index is 12.5. The van der Waals surface area contributed by atoms with Crippen molar-refractivity contribution in [2.45, 2.75) is 6.42 Å². The van der Waals surface area contributed by atoms with E-state index in [4.69, 9.17) is 16.3 Å². The van der Waals surface area contributed by atoms with Gasteiger partial charge in [0, 0.05) is 32.6 Å². The lowest BCUT2D eigenvalue weighted by molar-refractivity contribution is 0.0689. The maximum Gasteiger partial charge on any atom is 0.257 e. The zero-order chi connectivity index (χ0) is 15.0. The summed E-state index contributed by atoms with van der Waals surface area (Å²) in [6, 6.07) is 1.63. The summed E-state index contributed by atoms with van der Waals surface area (Å²) in [5, 5.41) is 0.431. The van der Waals surface area contributed by atoms with Gasteiger partial charge in [-0.15, -0.1) is 0 Å². The SMILES string of the molecule is COCCN(CCCN(C)C)C(=O)c1cnccc1Cl. The van der Waals surface area contributed by atoms with Crippen molar-refractivity contribution in [3.63, 3.8) is 0 Å². The number of amides is 1. The Hall–Kier alpha value is -1.17. The molecule has 1 amide bonds. The predicted molar refractivity (Wildman–Crippen MR) is 80.2 cm³/mol. The van der Waals surface area contributed by atoms with Crippen LogP contribution in [0.3, 0.4) is 0 Å². The number of ether oxygens (including phenoxy) is 1. The van der Waals surface area contributed by atoms with Gasteiger partial charge in [0.2, 0.25) is 0 Å². The second-order valence-electron chi connectivity index (χ2n) is 4.80. The van der Waals surface area contributed by atoms with Crippen LogP contribution in [0.15, 0.2) is 18.5 Å². The molecule has 0 aliphatic heterocycles. The first kappa shape index (κ1) is 16.9. The van der Waals surface area contributed by atoms with Crippen molar-refractivity contribution in [3.8, 4) is 0 Å². The van der Waals surface area contributed by atoms with Crippen LogP contribution < -0.4 is 0 Å². The quantitative estimate of drug-likeness (QED) is 0.734. The van der Waals surface area contributed by atoms with Gasteiger partial charge >= 0.3 is 0 Å². The van der Waals surface area contributed by atoms with E-state index in [0.717, 1.165) is 13.0 Å². The van der Waals surface area contributed by atoms with E-state index in [1.54, 1.807) is 24.3 Å². The van der Waals surface area contributed by atoms with Crippen LogP contribution in [0.2, 0.25) is 5.02 Å².